The van der Waals surface area contributed by atoms with Crippen LogP contribution in [0.2, 0.25) is 0 Å². The molecule has 1 aromatic carbocycles. The smallest absolute Gasteiger partial charge is 0.416 e. The number of hydrogen-bond acceptors (Lipinski definition) is 7. The molecule has 3 aromatic rings. The summed E-state index contributed by atoms with van der Waals surface area (Å²) in [7, 11) is 1.40. The van der Waals surface area contributed by atoms with Crippen molar-refractivity contribution in [3.63, 3.8) is 0 Å². The molecule has 0 bridgehead atoms. The predicted octanol–water partition coefficient (Wildman–Crippen LogP) is 5.60. The van der Waals surface area contributed by atoms with Gasteiger partial charge in [-0.1, -0.05) is 25.2 Å². The highest BCUT2D eigenvalue weighted by atomic mass is 32.1. The fourth-order valence-electron chi connectivity index (χ4n) is 3.84. The molecule has 11 heteroatoms. The molecular formula is C22H21F3N4O3S. The third-order valence-corrected chi connectivity index (χ3v) is 6.85. The average molecular weight is 478 g/mol. The Morgan fingerprint density at radius 3 is 2.61 bits per heavy atom. The van der Waals surface area contributed by atoms with Crippen molar-refractivity contribution < 1.29 is 27.4 Å². The maximum absolute atomic E-state index is 13.3. The molecule has 1 aliphatic heterocycles. The van der Waals surface area contributed by atoms with Crippen molar-refractivity contribution in [2.24, 2.45) is 0 Å². The van der Waals surface area contributed by atoms with Gasteiger partial charge >= 0.3 is 6.18 Å². The third kappa shape index (κ3) is 3.90. The van der Waals surface area contributed by atoms with Crippen LogP contribution in [0.15, 0.2) is 24.5 Å². The number of methoxy groups -OCH3 is 1. The fraction of sp³-hybridized carbons (Fsp3) is 0.364. The fourth-order valence-corrected chi connectivity index (χ4v) is 5.09. The lowest BCUT2D eigenvalue weighted by Gasteiger charge is -2.36. The molecule has 4 rings (SSSR count). The summed E-state index contributed by atoms with van der Waals surface area (Å²) in [6.45, 7) is 5.46. The van der Waals surface area contributed by atoms with E-state index in [0.717, 1.165) is 17.0 Å². The van der Waals surface area contributed by atoms with E-state index >= 15 is 0 Å². The van der Waals surface area contributed by atoms with Gasteiger partial charge in [-0.2, -0.15) is 13.2 Å². The van der Waals surface area contributed by atoms with E-state index in [1.54, 1.807) is 6.92 Å². The van der Waals surface area contributed by atoms with Crippen molar-refractivity contribution >= 4 is 22.4 Å². The Hall–Kier alpha value is -3.21. The number of halogens is 3. The molecule has 0 radical (unpaired) electrons. The van der Waals surface area contributed by atoms with Crippen LogP contribution < -0.4 is 14.8 Å². The lowest BCUT2D eigenvalue weighted by atomic mass is 9.89. The van der Waals surface area contributed by atoms with E-state index in [1.165, 1.54) is 30.8 Å². The van der Waals surface area contributed by atoms with Crippen molar-refractivity contribution in [2.75, 3.05) is 12.4 Å². The molecule has 174 valence electrons. The summed E-state index contributed by atoms with van der Waals surface area (Å²) in [5, 5.41) is 3.05. The van der Waals surface area contributed by atoms with Crippen LogP contribution >= 0.6 is 11.3 Å². The van der Waals surface area contributed by atoms with Crippen LogP contribution in [0.25, 0.3) is 11.3 Å². The molecule has 0 fully saturated rings. The van der Waals surface area contributed by atoms with Gasteiger partial charge in [0.05, 0.1) is 28.9 Å². The number of hydrogen-bond donors (Lipinski definition) is 1. The van der Waals surface area contributed by atoms with Gasteiger partial charge in [-0.25, -0.2) is 15.0 Å². The summed E-state index contributed by atoms with van der Waals surface area (Å²) in [4.78, 5) is 26.3. The minimum Gasteiger partial charge on any atom is -0.481 e. The Kier molecular flexibility index (Phi) is 5.77. The number of aromatic nitrogens is 3. The maximum atomic E-state index is 13.3. The van der Waals surface area contributed by atoms with Crippen LogP contribution in [0.4, 0.5) is 18.3 Å². The van der Waals surface area contributed by atoms with E-state index in [1.807, 2.05) is 13.8 Å². The zero-order valence-corrected chi connectivity index (χ0v) is 19.1. The predicted molar refractivity (Wildman–Crippen MR) is 117 cm³/mol. The summed E-state index contributed by atoms with van der Waals surface area (Å²) >= 11 is 1.24. The number of alkyl halides is 3. The first-order valence-electron chi connectivity index (χ1n) is 10.2. The van der Waals surface area contributed by atoms with Crippen molar-refractivity contribution in [3.8, 4) is 22.9 Å². The first kappa shape index (κ1) is 23.0. The van der Waals surface area contributed by atoms with Crippen LogP contribution in [0, 0.1) is 6.92 Å². The second-order valence-corrected chi connectivity index (χ2v) is 8.51. The minimum absolute atomic E-state index is 0.123. The maximum Gasteiger partial charge on any atom is 0.416 e. The van der Waals surface area contributed by atoms with Gasteiger partial charge in [0.15, 0.2) is 5.13 Å². The number of aryl methyl sites for hydroxylation is 1. The van der Waals surface area contributed by atoms with Gasteiger partial charge in [0.1, 0.15) is 23.2 Å². The third-order valence-electron chi connectivity index (χ3n) is 5.70. The SMILES string of the molecule is CCC1(CC)Oc2cc(C(F)(F)F)ccc2-c2nc(NC(=O)c3c(C)ncnc3OC)sc21. The van der Waals surface area contributed by atoms with E-state index in [9.17, 15) is 18.0 Å². The second kappa shape index (κ2) is 8.29. The molecule has 0 spiro atoms. The number of rotatable bonds is 5. The summed E-state index contributed by atoms with van der Waals surface area (Å²) in [5.74, 6) is -0.243. The second-order valence-electron chi connectivity index (χ2n) is 7.51. The van der Waals surface area contributed by atoms with Crippen LogP contribution in [0.1, 0.15) is 53.2 Å². The number of nitrogens with one attached hydrogen (secondary N) is 1. The van der Waals surface area contributed by atoms with E-state index in [0.29, 0.717) is 29.8 Å². The molecule has 0 saturated carbocycles. The van der Waals surface area contributed by atoms with Gasteiger partial charge in [0, 0.05) is 5.56 Å². The Morgan fingerprint density at radius 2 is 1.97 bits per heavy atom. The number of benzene rings is 1. The van der Waals surface area contributed by atoms with Crippen molar-refractivity contribution in [1.29, 1.82) is 0 Å². The first-order valence-corrected chi connectivity index (χ1v) is 11.0. The number of nitrogens with zero attached hydrogens (tertiary/aromatic N) is 3. The Bertz CT molecular complexity index is 1220. The number of ether oxygens (including phenoxy) is 2. The summed E-state index contributed by atoms with van der Waals surface area (Å²) in [6, 6.07) is 3.37. The van der Waals surface area contributed by atoms with Crippen molar-refractivity contribution in [3.05, 3.63) is 46.2 Å². The van der Waals surface area contributed by atoms with Crippen molar-refractivity contribution in [2.45, 2.75) is 45.4 Å². The van der Waals surface area contributed by atoms with Gasteiger partial charge in [-0.05, 0) is 38.0 Å². The minimum atomic E-state index is -4.49. The van der Waals surface area contributed by atoms with E-state index in [2.05, 4.69) is 20.3 Å². The monoisotopic (exact) mass is 478 g/mol. The molecule has 1 N–H and O–H groups in total. The van der Waals surface area contributed by atoms with Gasteiger partial charge in [0.25, 0.3) is 5.91 Å². The van der Waals surface area contributed by atoms with Gasteiger partial charge in [-0.15, -0.1) is 0 Å². The molecule has 0 saturated heterocycles. The Morgan fingerprint density at radius 1 is 1.24 bits per heavy atom. The van der Waals surface area contributed by atoms with Gasteiger partial charge in [0.2, 0.25) is 5.88 Å². The molecule has 1 amide bonds. The number of carbonyl (C=O) groups excluding carboxylic acids is 1. The standard InChI is InChI=1S/C22H21F3N4O3S/c1-5-21(6-2)17-16(13-8-7-12(22(23,24)25)9-14(13)32-21)28-20(33-17)29-18(30)15-11(3)26-10-27-19(15)31-4/h7-10H,5-6H2,1-4H3,(H,28,29,30). The summed E-state index contributed by atoms with van der Waals surface area (Å²) in [5.41, 5.74) is -0.0777. The lowest BCUT2D eigenvalue weighted by Crippen LogP contribution is -2.34. The van der Waals surface area contributed by atoms with Crippen LogP contribution in [-0.4, -0.2) is 28.0 Å². The van der Waals surface area contributed by atoms with E-state index in [4.69, 9.17) is 9.47 Å². The molecule has 0 unspecified atom stereocenters. The topological polar surface area (TPSA) is 86.2 Å². The molecule has 33 heavy (non-hydrogen) atoms. The highest BCUT2D eigenvalue weighted by molar-refractivity contribution is 7.16. The Labute approximate surface area is 192 Å². The molecule has 2 aromatic heterocycles. The highest BCUT2D eigenvalue weighted by Crippen LogP contribution is 2.52. The van der Waals surface area contributed by atoms with Crippen LogP contribution in [-0.2, 0) is 11.8 Å². The van der Waals surface area contributed by atoms with Crippen LogP contribution in [0.3, 0.4) is 0 Å². The van der Waals surface area contributed by atoms with E-state index < -0.39 is 23.2 Å². The zero-order chi connectivity index (χ0) is 24.0. The number of thiazole rings is 1. The number of anilines is 1. The highest BCUT2D eigenvalue weighted by Gasteiger charge is 2.42. The normalized spacial score (nSPS) is 14.2. The first-order chi connectivity index (χ1) is 15.6. The number of amides is 1. The molecule has 7 nitrogen and oxygen atoms in total. The molecular weight excluding hydrogens is 457 g/mol. The van der Waals surface area contributed by atoms with Gasteiger partial charge in [-0.3, -0.25) is 10.1 Å². The lowest BCUT2D eigenvalue weighted by molar-refractivity contribution is -0.137. The quantitative estimate of drug-likeness (QED) is 0.514. The largest absolute Gasteiger partial charge is 0.481 e. The number of fused-ring (bicyclic) bond motifs is 3. The molecule has 0 aliphatic carbocycles. The van der Waals surface area contributed by atoms with Gasteiger partial charge < -0.3 is 9.47 Å². The van der Waals surface area contributed by atoms with Crippen LogP contribution in [0.5, 0.6) is 11.6 Å². The summed E-state index contributed by atoms with van der Waals surface area (Å²) in [6.07, 6.45) is -2.16. The summed E-state index contributed by atoms with van der Waals surface area (Å²) < 4.78 is 51.2. The Balaban J connectivity index is 1.78. The molecule has 0 atom stereocenters. The number of carbonyl (C=O) groups is 1. The van der Waals surface area contributed by atoms with Crippen molar-refractivity contribution in [1.82, 2.24) is 15.0 Å². The zero-order valence-electron chi connectivity index (χ0n) is 18.3. The average Bonchev–Trinajstić information content (AvgIpc) is 3.21. The molecule has 3 heterocycles. The molecule has 1 aliphatic rings. The van der Waals surface area contributed by atoms with E-state index in [-0.39, 0.29) is 22.3 Å².